The molecule has 2 amide bonds. The maximum Gasteiger partial charge on any atom is 0.408 e. The number of hydrogen-bond acceptors (Lipinski definition) is 3. The first-order valence-corrected chi connectivity index (χ1v) is 6.13. The molecule has 0 saturated heterocycles. The normalized spacial score (nSPS) is 10.2. The summed E-state index contributed by atoms with van der Waals surface area (Å²) in [6.45, 7) is 5.52. The molecule has 0 heterocycles. The van der Waals surface area contributed by atoms with Gasteiger partial charge in [0.2, 0.25) is 5.91 Å². The van der Waals surface area contributed by atoms with Gasteiger partial charge in [0, 0.05) is 11.1 Å². The Balaban J connectivity index is 2.53. The first-order valence-electron chi connectivity index (χ1n) is 6.13. The van der Waals surface area contributed by atoms with Crippen molar-refractivity contribution >= 4 is 12.0 Å². The van der Waals surface area contributed by atoms with Crippen molar-refractivity contribution in [2.75, 3.05) is 6.54 Å². The van der Waals surface area contributed by atoms with E-state index >= 15 is 0 Å². The monoisotopic (exact) mass is 274 g/mol. The summed E-state index contributed by atoms with van der Waals surface area (Å²) >= 11 is 0. The second-order valence-electron chi connectivity index (χ2n) is 5.10. The summed E-state index contributed by atoms with van der Waals surface area (Å²) in [5, 5.41) is 2.52. The second kappa shape index (κ2) is 6.62. The molecule has 0 aliphatic rings. The molecular formula is C15H18N2O3. The number of nitrogens with one attached hydrogen (secondary N) is 1. The van der Waals surface area contributed by atoms with Gasteiger partial charge in [-0.1, -0.05) is 17.9 Å². The van der Waals surface area contributed by atoms with E-state index in [9.17, 15) is 9.59 Å². The number of benzene rings is 1. The van der Waals surface area contributed by atoms with Crippen LogP contribution in [-0.2, 0) is 4.74 Å². The molecular weight excluding hydrogens is 256 g/mol. The lowest BCUT2D eigenvalue weighted by atomic mass is 10.1. The number of amides is 2. The molecule has 3 N–H and O–H groups in total. The van der Waals surface area contributed by atoms with Crippen molar-refractivity contribution in [3.8, 4) is 11.8 Å². The lowest BCUT2D eigenvalue weighted by molar-refractivity contribution is 0.0535. The SMILES string of the molecule is CC(C)(C)OC(=O)NCC#Cc1cccc(C(N)=O)c1. The summed E-state index contributed by atoms with van der Waals surface area (Å²) in [5.41, 5.74) is 5.70. The fourth-order valence-electron chi connectivity index (χ4n) is 1.33. The molecule has 5 nitrogen and oxygen atoms in total. The van der Waals surface area contributed by atoms with Gasteiger partial charge in [0.25, 0.3) is 0 Å². The van der Waals surface area contributed by atoms with Crippen molar-refractivity contribution in [3.05, 3.63) is 35.4 Å². The molecule has 106 valence electrons. The highest BCUT2D eigenvalue weighted by atomic mass is 16.6. The smallest absolute Gasteiger partial charge is 0.408 e. The number of nitrogens with two attached hydrogens (primary N) is 1. The van der Waals surface area contributed by atoms with Gasteiger partial charge in [-0.05, 0) is 39.0 Å². The van der Waals surface area contributed by atoms with Crippen LogP contribution in [0.5, 0.6) is 0 Å². The zero-order valence-corrected chi connectivity index (χ0v) is 11.8. The molecule has 1 rings (SSSR count). The molecule has 0 aliphatic carbocycles. The molecule has 5 heteroatoms. The summed E-state index contributed by atoms with van der Waals surface area (Å²) < 4.78 is 5.06. The lowest BCUT2D eigenvalue weighted by Crippen LogP contribution is -2.32. The minimum Gasteiger partial charge on any atom is -0.444 e. The first-order chi connectivity index (χ1) is 9.28. The summed E-state index contributed by atoms with van der Waals surface area (Å²) in [5.74, 6) is 5.10. The molecule has 0 saturated carbocycles. The molecule has 0 unspecified atom stereocenters. The number of primary amides is 1. The lowest BCUT2D eigenvalue weighted by Gasteiger charge is -2.18. The van der Waals surface area contributed by atoms with Crippen LogP contribution in [0.1, 0.15) is 36.7 Å². The first kappa shape index (κ1) is 15.6. The van der Waals surface area contributed by atoms with Crippen LogP contribution in [0.15, 0.2) is 24.3 Å². The Morgan fingerprint density at radius 2 is 2.05 bits per heavy atom. The van der Waals surface area contributed by atoms with E-state index in [1.807, 2.05) is 0 Å². The maximum absolute atomic E-state index is 11.4. The number of carbonyl (C=O) groups is 2. The minimum absolute atomic E-state index is 0.162. The van der Waals surface area contributed by atoms with Crippen molar-refractivity contribution in [1.29, 1.82) is 0 Å². The van der Waals surface area contributed by atoms with Crippen molar-refractivity contribution in [3.63, 3.8) is 0 Å². The van der Waals surface area contributed by atoms with Crippen LogP contribution in [0.3, 0.4) is 0 Å². The molecule has 0 radical (unpaired) electrons. The number of hydrogen-bond donors (Lipinski definition) is 2. The van der Waals surface area contributed by atoms with E-state index in [1.54, 1.807) is 45.0 Å². The molecule has 0 fully saturated rings. The fraction of sp³-hybridized carbons (Fsp3) is 0.333. The van der Waals surface area contributed by atoms with E-state index < -0.39 is 17.6 Å². The van der Waals surface area contributed by atoms with Gasteiger partial charge < -0.3 is 15.8 Å². The van der Waals surface area contributed by atoms with Crippen LogP contribution in [0.25, 0.3) is 0 Å². The third kappa shape index (κ3) is 5.91. The molecule has 1 aromatic carbocycles. The summed E-state index contributed by atoms with van der Waals surface area (Å²) in [6, 6.07) is 6.67. The topological polar surface area (TPSA) is 81.4 Å². The maximum atomic E-state index is 11.4. The summed E-state index contributed by atoms with van der Waals surface area (Å²) in [4.78, 5) is 22.4. The highest BCUT2D eigenvalue weighted by Crippen LogP contribution is 2.06. The van der Waals surface area contributed by atoms with E-state index in [-0.39, 0.29) is 6.54 Å². The molecule has 0 spiro atoms. The third-order valence-corrected chi connectivity index (χ3v) is 2.10. The van der Waals surface area contributed by atoms with Gasteiger partial charge in [0.1, 0.15) is 5.60 Å². The van der Waals surface area contributed by atoms with E-state index in [2.05, 4.69) is 17.2 Å². The number of rotatable bonds is 2. The Morgan fingerprint density at radius 3 is 2.65 bits per heavy atom. The summed E-state index contributed by atoms with van der Waals surface area (Å²) in [7, 11) is 0. The Kier molecular flexibility index (Phi) is 5.15. The average molecular weight is 274 g/mol. The molecule has 0 aliphatic heterocycles. The van der Waals surface area contributed by atoms with Crippen molar-refractivity contribution in [2.24, 2.45) is 5.73 Å². The highest BCUT2D eigenvalue weighted by molar-refractivity contribution is 5.93. The van der Waals surface area contributed by atoms with Gasteiger partial charge in [-0.25, -0.2) is 4.79 Å². The number of ether oxygens (including phenoxy) is 1. The number of alkyl carbamates (subject to hydrolysis) is 1. The van der Waals surface area contributed by atoms with Crippen molar-refractivity contribution in [1.82, 2.24) is 5.32 Å². The van der Waals surface area contributed by atoms with Gasteiger partial charge in [-0.15, -0.1) is 0 Å². The van der Waals surface area contributed by atoms with Crippen LogP contribution in [0.2, 0.25) is 0 Å². The standard InChI is InChI=1S/C15H18N2O3/c1-15(2,3)20-14(19)17-9-5-7-11-6-4-8-12(10-11)13(16)18/h4,6,8,10H,9H2,1-3H3,(H2,16,18)(H,17,19). The Labute approximate surface area is 118 Å². The molecule has 1 aromatic rings. The van der Waals surface area contributed by atoms with Gasteiger partial charge >= 0.3 is 6.09 Å². The zero-order chi connectivity index (χ0) is 15.2. The quantitative estimate of drug-likeness (QED) is 0.805. The highest BCUT2D eigenvalue weighted by Gasteiger charge is 2.14. The van der Waals surface area contributed by atoms with Gasteiger partial charge in [-0.3, -0.25) is 4.79 Å². The van der Waals surface area contributed by atoms with Gasteiger partial charge in [-0.2, -0.15) is 0 Å². The van der Waals surface area contributed by atoms with Crippen LogP contribution < -0.4 is 11.1 Å². The van der Waals surface area contributed by atoms with E-state index in [0.29, 0.717) is 11.1 Å². The van der Waals surface area contributed by atoms with Crippen molar-refractivity contribution < 1.29 is 14.3 Å². The van der Waals surface area contributed by atoms with E-state index in [0.717, 1.165) is 0 Å². The van der Waals surface area contributed by atoms with Crippen LogP contribution >= 0.6 is 0 Å². The molecule has 0 atom stereocenters. The molecule has 0 aromatic heterocycles. The van der Waals surface area contributed by atoms with Crippen LogP contribution in [0.4, 0.5) is 4.79 Å². The Hall–Kier alpha value is -2.48. The number of carbonyl (C=O) groups excluding carboxylic acids is 2. The Morgan fingerprint density at radius 1 is 1.35 bits per heavy atom. The Bertz CT molecular complexity index is 562. The molecule has 20 heavy (non-hydrogen) atoms. The predicted octanol–water partition coefficient (Wildman–Crippen LogP) is 1.66. The van der Waals surface area contributed by atoms with Crippen molar-refractivity contribution in [2.45, 2.75) is 26.4 Å². The molecule has 0 bridgehead atoms. The largest absolute Gasteiger partial charge is 0.444 e. The van der Waals surface area contributed by atoms with E-state index in [1.165, 1.54) is 0 Å². The van der Waals surface area contributed by atoms with Gasteiger partial charge in [0.05, 0.1) is 6.54 Å². The van der Waals surface area contributed by atoms with Gasteiger partial charge in [0.15, 0.2) is 0 Å². The second-order valence-corrected chi connectivity index (χ2v) is 5.10. The van der Waals surface area contributed by atoms with Crippen LogP contribution in [-0.4, -0.2) is 24.1 Å². The van der Waals surface area contributed by atoms with E-state index in [4.69, 9.17) is 10.5 Å². The third-order valence-electron chi connectivity index (χ3n) is 2.10. The fourth-order valence-corrected chi connectivity index (χ4v) is 1.33. The summed E-state index contributed by atoms with van der Waals surface area (Å²) in [6.07, 6.45) is -0.516. The minimum atomic E-state index is -0.534. The predicted molar refractivity (Wildman–Crippen MR) is 76.1 cm³/mol. The zero-order valence-electron chi connectivity index (χ0n) is 11.8. The van der Waals surface area contributed by atoms with Crippen LogP contribution in [0, 0.1) is 11.8 Å². The average Bonchev–Trinajstić information content (AvgIpc) is 2.33.